The monoisotopic (exact) mass is 302 g/mol. The molecule has 120 valence electrons. The van der Waals surface area contributed by atoms with Crippen LogP contribution in [-0.4, -0.2) is 35.7 Å². The fourth-order valence-corrected chi connectivity index (χ4v) is 2.55. The lowest BCUT2D eigenvalue weighted by atomic mass is 9.91. The Morgan fingerprint density at radius 3 is 2.59 bits per heavy atom. The van der Waals surface area contributed by atoms with Gasteiger partial charge in [-0.25, -0.2) is 0 Å². The van der Waals surface area contributed by atoms with Crippen molar-refractivity contribution in [3.05, 3.63) is 35.9 Å². The summed E-state index contributed by atoms with van der Waals surface area (Å²) < 4.78 is 0. The van der Waals surface area contributed by atoms with Gasteiger partial charge in [0.05, 0.1) is 12.3 Å². The van der Waals surface area contributed by atoms with Gasteiger partial charge in [-0.2, -0.15) is 0 Å². The number of amides is 1. The minimum absolute atomic E-state index is 0.00668. The maximum absolute atomic E-state index is 12.4. The molecular weight excluding hydrogens is 276 g/mol. The van der Waals surface area contributed by atoms with Gasteiger partial charge in [-0.15, -0.1) is 0 Å². The van der Waals surface area contributed by atoms with E-state index in [4.69, 9.17) is 4.84 Å². The Morgan fingerprint density at radius 1 is 1.32 bits per heavy atom. The van der Waals surface area contributed by atoms with Crippen molar-refractivity contribution in [2.24, 2.45) is 10.6 Å². The van der Waals surface area contributed by atoms with E-state index in [0.29, 0.717) is 19.5 Å². The molecule has 0 aromatic heterocycles. The van der Waals surface area contributed by atoms with E-state index >= 15 is 0 Å². The first kappa shape index (κ1) is 16.5. The summed E-state index contributed by atoms with van der Waals surface area (Å²) in [6, 6.07) is 10.0. The SMILES string of the molecule is CCN(C[C@@H]1CC(c2ccccc2)=NO1)C(=O)CC(C)(C)C. The van der Waals surface area contributed by atoms with Crippen molar-refractivity contribution in [3.8, 4) is 0 Å². The highest BCUT2D eigenvalue weighted by atomic mass is 16.6. The van der Waals surface area contributed by atoms with Crippen molar-refractivity contribution in [1.29, 1.82) is 0 Å². The fourth-order valence-electron chi connectivity index (χ4n) is 2.55. The molecule has 0 unspecified atom stereocenters. The van der Waals surface area contributed by atoms with Gasteiger partial charge >= 0.3 is 0 Å². The van der Waals surface area contributed by atoms with E-state index in [2.05, 4.69) is 25.9 Å². The smallest absolute Gasteiger partial charge is 0.223 e. The molecule has 0 saturated carbocycles. The summed E-state index contributed by atoms with van der Waals surface area (Å²) in [5.74, 6) is 0.187. The first-order valence-electron chi connectivity index (χ1n) is 7.95. The molecule has 1 heterocycles. The van der Waals surface area contributed by atoms with E-state index in [1.165, 1.54) is 0 Å². The molecule has 0 aliphatic carbocycles. The lowest BCUT2D eigenvalue weighted by Crippen LogP contribution is -2.39. The molecule has 1 amide bonds. The Labute approximate surface area is 133 Å². The zero-order chi connectivity index (χ0) is 16.2. The molecule has 22 heavy (non-hydrogen) atoms. The highest BCUT2D eigenvalue weighted by Gasteiger charge is 2.27. The van der Waals surface area contributed by atoms with Crippen molar-refractivity contribution in [3.63, 3.8) is 0 Å². The molecule has 0 radical (unpaired) electrons. The summed E-state index contributed by atoms with van der Waals surface area (Å²) in [6.07, 6.45) is 1.27. The number of benzene rings is 1. The van der Waals surface area contributed by atoms with Crippen LogP contribution >= 0.6 is 0 Å². The predicted octanol–water partition coefficient (Wildman–Crippen LogP) is 3.46. The molecule has 1 aliphatic rings. The van der Waals surface area contributed by atoms with Gasteiger partial charge in [-0.3, -0.25) is 4.79 Å². The minimum Gasteiger partial charge on any atom is -0.390 e. The van der Waals surface area contributed by atoms with Crippen LogP contribution in [0.15, 0.2) is 35.5 Å². The first-order valence-corrected chi connectivity index (χ1v) is 7.95. The maximum Gasteiger partial charge on any atom is 0.223 e. The van der Waals surface area contributed by atoms with E-state index in [9.17, 15) is 4.79 Å². The van der Waals surface area contributed by atoms with E-state index in [0.717, 1.165) is 17.7 Å². The van der Waals surface area contributed by atoms with E-state index in [-0.39, 0.29) is 17.4 Å². The average Bonchev–Trinajstić information content (AvgIpc) is 2.92. The van der Waals surface area contributed by atoms with Crippen LogP contribution in [0.3, 0.4) is 0 Å². The molecule has 2 rings (SSSR count). The number of carbonyl (C=O) groups excluding carboxylic acids is 1. The molecule has 1 aromatic carbocycles. The second-order valence-electron chi connectivity index (χ2n) is 7.01. The van der Waals surface area contributed by atoms with Crippen molar-refractivity contribution >= 4 is 11.6 Å². The zero-order valence-electron chi connectivity index (χ0n) is 14.0. The summed E-state index contributed by atoms with van der Waals surface area (Å²) in [5.41, 5.74) is 2.06. The van der Waals surface area contributed by atoms with E-state index in [1.54, 1.807) is 0 Å². The van der Waals surface area contributed by atoms with Crippen molar-refractivity contribution in [2.75, 3.05) is 13.1 Å². The van der Waals surface area contributed by atoms with Gasteiger partial charge in [0.2, 0.25) is 5.91 Å². The molecule has 0 saturated heterocycles. The van der Waals surface area contributed by atoms with Crippen molar-refractivity contribution in [2.45, 2.75) is 46.6 Å². The Morgan fingerprint density at radius 2 is 2.00 bits per heavy atom. The third-order valence-corrected chi connectivity index (χ3v) is 3.68. The summed E-state index contributed by atoms with van der Waals surface area (Å²) in [4.78, 5) is 19.8. The van der Waals surface area contributed by atoms with Gasteiger partial charge in [0.25, 0.3) is 0 Å². The van der Waals surface area contributed by atoms with E-state index in [1.807, 2.05) is 42.2 Å². The highest BCUT2D eigenvalue weighted by Crippen LogP contribution is 2.22. The van der Waals surface area contributed by atoms with Gasteiger partial charge < -0.3 is 9.74 Å². The first-order chi connectivity index (χ1) is 10.4. The number of carbonyl (C=O) groups is 1. The van der Waals surface area contributed by atoms with Gasteiger partial charge in [0.15, 0.2) is 6.10 Å². The number of likely N-dealkylation sites (N-methyl/N-ethyl adjacent to an activating group) is 1. The lowest BCUT2D eigenvalue weighted by Gasteiger charge is -2.27. The van der Waals surface area contributed by atoms with Crippen LogP contribution in [0.4, 0.5) is 0 Å². The third-order valence-electron chi connectivity index (χ3n) is 3.68. The summed E-state index contributed by atoms with van der Waals surface area (Å²) in [7, 11) is 0. The van der Waals surface area contributed by atoms with Crippen LogP contribution in [0.2, 0.25) is 0 Å². The molecule has 0 fully saturated rings. The summed E-state index contributed by atoms with van der Waals surface area (Å²) in [6.45, 7) is 9.57. The van der Waals surface area contributed by atoms with Crippen LogP contribution < -0.4 is 0 Å². The molecule has 0 N–H and O–H groups in total. The predicted molar refractivity (Wildman–Crippen MR) is 88.8 cm³/mol. The number of hydrogen-bond donors (Lipinski definition) is 0. The molecule has 1 aliphatic heterocycles. The number of oxime groups is 1. The minimum atomic E-state index is -0.0425. The Hall–Kier alpha value is -1.84. The molecular formula is C18H26N2O2. The Kier molecular flexibility index (Phi) is 5.22. The van der Waals surface area contributed by atoms with Crippen LogP contribution in [0.25, 0.3) is 0 Å². The van der Waals surface area contributed by atoms with Crippen molar-refractivity contribution < 1.29 is 9.63 Å². The van der Waals surface area contributed by atoms with Crippen LogP contribution in [-0.2, 0) is 9.63 Å². The van der Waals surface area contributed by atoms with Gasteiger partial charge in [0, 0.05) is 19.4 Å². The quantitative estimate of drug-likeness (QED) is 0.836. The van der Waals surface area contributed by atoms with Crippen LogP contribution in [0.5, 0.6) is 0 Å². The van der Waals surface area contributed by atoms with Gasteiger partial charge in [-0.1, -0.05) is 56.3 Å². The topological polar surface area (TPSA) is 41.9 Å². The van der Waals surface area contributed by atoms with E-state index < -0.39 is 0 Å². The van der Waals surface area contributed by atoms with Crippen LogP contribution in [0.1, 0.15) is 46.1 Å². The summed E-state index contributed by atoms with van der Waals surface area (Å²) in [5, 5.41) is 4.19. The number of rotatable bonds is 5. The summed E-state index contributed by atoms with van der Waals surface area (Å²) >= 11 is 0. The molecule has 0 bridgehead atoms. The maximum atomic E-state index is 12.4. The number of nitrogens with zero attached hydrogens (tertiary/aromatic N) is 2. The van der Waals surface area contributed by atoms with Gasteiger partial charge in [-0.05, 0) is 17.9 Å². The van der Waals surface area contributed by atoms with Gasteiger partial charge in [0.1, 0.15) is 0 Å². The normalized spacial score (nSPS) is 17.8. The highest BCUT2D eigenvalue weighted by molar-refractivity contribution is 6.01. The molecule has 1 aromatic rings. The van der Waals surface area contributed by atoms with Crippen molar-refractivity contribution in [1.82, 2.24) is 4.90 Å². The fraction of sp³-hybridized carbons (Fsp3) is 0.556. The third kappa shape index (κ3) is 4.58. The molecule has 4 heteroatoms. The second-order valence-corrected chi connectivity index (χ2v) is 7.01. The average molecular weight is 302 g/mol. The number of hydrogen-bond acceptors (Lipinski definition) is 3. The second kappa shape index (κ2) is 6.95. The molecule has 4 nitrogen and oxygen atoms in total. The largest absolute Gasteiger partial charge is 0.390 e. The van der Waals surface area contributed by atoms with Crippen LogP contribution in [0, 0.1) is 5.41 Å². The molecule has 0 spiro atoms. The Balaban J connectivity index is 1.90. The molecule has 1 atom stereocenters. The zero-order valence-corrected chi connectivity index (χ0v) is 14.0. The lowest BCUT2D eigenvalue weighted by molar-refractivity contribution is -0.134. The standard InChI is InChI=1S/C18H26N2O2/c1-5-20(17(21)12-18(2,3)4)13-15-11-16(19-22-15)14-9-7-6-8-10-14/h6-10,15H,5,11-13H2,1-4H3/t15-/m0/s1. The Bertz CT molecular complexity index is 532.